The number of rotatable bonds is 6. The van der Waals surface area contributed by atoms with E-state index in [1.54, 1.807) is 37.3 Å². The fraction of sp³-hybridized carbons (Fsp3) is 0.200. The van der Waals surface area contributed by atoms with Crippen molar-refractivity contribution in [1.82, 2.24) is 5.32 Å². The molecule has 0 aliphatic carbocycles. The zero-order valence-electron chi connectivity index (χ0n) is 14.9. The number of carbonyl (C=O) groups excluding carboxylic acids is 1. The highest BCUT2D eigenvalue weighted by Gasteiger charge is 2.25. The largest absolute Gasteiger partial charge is 0.508 e. The maximum atomic E-state index is 12.6. The number of aryl methyl sites for hydroxylation is 1. The minimum Gasteiger partial charge on any atom is -0.508 e. The Morgan fingerprint density at radius 2 is 1.89 bits per heavy atom. The number of benzene rings is 2. The summed E-state index contributed by atoms with van der Waals surface area (Å²) < 4.78 is 10.8. The fourth-order valence-electron chi connectivity index (χ4n) is 2.84. The molecular weight excluding hydrogens is 350 g/mol. The molecule has 27 heavy (non-hydrogen) atoms. The highest BCUT2D eigenvalue weighted by Crippen LogP contribution is 2.28. The summed E-state index contributed by atoms with van der Waals surface area (Å²) in [4.78, 5) is 24.2. The SMILES string of the molecule is COc1ccc2c(C)c(C(=O)N[C@@H](Cc3ccc(O)cc3)C(=O)O)oc2c1. The second kappa shape index (κ2) is 7.41. The third-order valence-corrected chi connectivity index (χ3v) is 4.33. The number of aliphatic carboxylic acids is 1. The molecular formula is C20H19NO6. The normalized spacial score (nSPS) is 11.9. The first-order valence-corrected chi connectivity index (χ1v) is 8.27. The molecule has 0 spiro atoms. The van der Waals surface area contributed by atoms with Gasteiger partial charge in [0.05, 0.1) is 7.11 Å². The number of amides is 1. The van der Waals surface area contributed by atoms with Gasteiger partial charge in [0.2, 0.25) is 0 Å². The first kappa shape index (κ1) is 18.3. The molecule has 0 radical (unpaired) electrons. The number of aromatic hydroxyl groups is 1. The van der Waals surface area contributed by atoms with E-state index in [2.05, 4.69) is 5.32 Å². The van der Waals surface area contributed by atoms with Crippen molar-refractivity contribution in [2.24, 2.45) is 0 Å². The van der Waals surface area contributed by atoms with Crippen LogP contribution in [0.5, 0.6) is 11.5 Å². The number of methoxy groups -OCH3 is 1. The van der Waals surface area contributed by atoms with Crippen LogP contribution in [0.1, 0.15) is 21.7 Å². The molecule has 3 N–H and O–H groups in total. The Bertz CT molecular complexity index is 990. The molecule has 0 saturated heterocycles. The smallest absolute Gasteiger partial charge is 0.326 e. The number of hydrogen-bond acceptors (Lipinski definition) is 5. The Hall–Kier alpha value is -3.48. The van der Waals surface area contributed by atoms with Gasteiger partial charge in [-0.1, -0.05) is 12.1 Å². The van der Waals surface area contributed by atoms with Crippen LogP contribution in [0.25, 0.3) is 11.0 Å². The molecule has 7 heteroatoms. The molecule has 1 atom stereocenters. The van der Waals surface area contributed by atoms with E-state index in [0.29, 0.717) is 22.5 Å². The summed E-state index contributed by atoms with van der Waals surface area (Å²) in [5.74, 6) is -1.02. The summed E-state index contributed by atoms with van der Waals surface area (Å²) in [5, 5.41) is 22.0. The Labute approximate surface area is 155 Å². The van der Waals surface area contributed by atoms with Gasteiger partial charge in [0.1, 0.15) is 23.1 Å². The number of furan rings is 1. The minimum atomic E-state index is -1.16. The monoisotopic (exact) mass is 369 g/mol. The maximum absolute atomic E-state index is 12.6. The molecule has 1 amide bonds. The number of carboxylic acids is 1. The molecule has 0 fully saturated rings. The zero-order valence-corrected chi connectivity index (χ0v) is 14.9. The molecule has 140 valence electrons. The molecule has 7 nitrogen and oxygen atoms in total. The second-order valence-electron chi connectivity index (χ2n) is 6.15. The van der Waals surface area contributed by atoms with Gasteiger partial charge < -0.3 is 24.7 Å². The summed E-state index contributed by atoms with van der Waals surface area (Å²) in [7, 11) is 1.53. The Balaban J connectivity index is 1.83. The molecule has 0 unspecified atom stereocenters. The molecule has 0 aliphatic heterocycles. The van der Waals surface area contributed by atoms with Gasteiger partial charge in [0.15, 0.2) is 5.76 Å². The number of carbonyl (C=O) groups is 2. The zero-order chi connectivity index (χ0) is 19.6. The number of hydrogen-bond donors (Lipinski definition) is 3. The molecule has 1 heterocycles. The lowest BCUT2D eigenvalue weighted by molar-refractivity contribution is -0.139. The fourth-order valence-corrected chi connectivity index (χ4v) is 2.84. The molecule has 3 aromatic rings. The molecule has 0 saturated carbocycles. The van der Waals surface area contributed by atoms with E-state index in [1.807, 2.05) is 0 Å². The van der Waals surface area contributed by atoms with Gasteiger partial charge in [0, 0.05) is 23.4 Å². The molecule has 0 aliphatic rings. The summed E-state index contributed by atoms with van der Waals surface area (Å²) in [6, 6.07) is 10.2. The van der Waals surface area contributed by atoms with Crippen molar-refractivity contribution in [3.8, 4) is 11.5 Å². The quantitative estimate of drug-likeness (QED) is 0.616. The van der Waals surface area contributed by atoms with Crippen molar-refractivity contribution in [3.05, 3.63) is 59.4 Å². The van der Waals surface area contributed by atoms with Crippen molar-refractivity contribution >= 4 is 22.8 Å². The van der Waals surface area contributed by atoms with Gasteiger partial charge in [-0.3, -0.25) is 4.79 Å². The summed E-state index contributed by atoms with van der Waals surface area (Å²) in [5.41, 5.74) is 1.79. The Kier molecular flexibility index (Phi) is 5.03. The van der Waals surface area contributed by atoms with Crippen LogP contribution >= 0.6 is 0 Å². The number of nitrogens with one attached hydrogen (secondary N) is 1. The van der Waals surface area contributed by atoms with E-state index < -0.39 is 17.9 Å². The van der Waals surface area contributed by atoms with Crippen molar-refractivity contribution in [3.63, 3.8) is 0 Å². The first-order valence-electron chi connectivity index (χ1n) is 8.27. The first-order chi connectivity index (χ1) is 12.9. The van der Waals surface area contributed by atoms with Crippen LogP contribution in [0.2, 0.25) is 0 Å². The van der Waals surface area contributed by atoms with E-state index >= 15 is 0 Å². The minimum absolute atomic E-state index is 0.0650. The average molecular weight is 369 g/mol. The number of phenols is 1. The van der Waals surface area contributed by atoms with Crippen LogP contribution in [0.15, 0.2) is 46.9 Å². The average Bonchev–Trinajstić information content (AvgIpc) is 2.98. The van der Waals surface area contributed by atoms with E-state index in [4.69, 9.17) is 9.15 Å². The number of carboxylic acid groups (broad SMARTS) is 1. The number of phenolic OH excluding ortho intramolecular Hbond substituents is 1. The summed E-state index contributed by atoms with van der Waals surface area (Å²) >= 11 is 0. The third-order valence-electron chi connectivity index (χ3n) is 4.33. The van der Waals surface area contributed by atoms with Crippen LogP contribution in [0, 0.1) is 6.92 Å². The van der Waals surface area contributed by atoms with Gasteiger partial charge in [0.25, 0.3) is 5.91 Å². The van der Waals surface area contributed by atoms with Gasteiger partial charge in [-0.25, -0.2) is 4.79 Å². The number of ether oxygens (including phenoxy) is 1. The predicted molar refractivity (Wildman–Crippen MR) is 98.2 cm³/mol. The Morgan fingerprint density at radius 1 is 1.19 bits per heavy atom. The summed E-state index contributed by atoms with van der Waals surface area (Å²) in [6.45, 7) is 1.74. The van der Waals surface area contributed by atoms with E-state index in [1.165, 1.54) is 19.2 Å². The van der Waals surface area contributed by atoms with Gasteiger partial charge in [-0.05, 0) is 36.8 Å². The van der Waals surface area contributed by atoms with Crippen molar-refractivity contribution in [1.29, 1.82) is 0 Å². The maximum Gasteiger partial charge on any atom is 0.326 e. The van der Waals surface area contributed by atoms with Crippen LogP contribution in [-0.4, -0.2) is 35.2 Å². The van der Waals surface area contributed by atoms with E-state index in [-0.39, 0.29) is 17.9 Å². The van der Waals surface area contributed by atoms with Crippen LogP contribution in [-0.2, 0) is 11.2 Å². The van der Waals surface area contributed by atoms with Crippen molar-refractivity contribution < 1.29 is 29.0 Å². The van der Waals surface area contributed by atoms with Crippen LogP contribution in [0.3, 0.4) is 0 Å². The standard InChI is InChI=1S/C20H19NO6/c1-11-15-8-7-14(26-2)10-17(15)27-18(11)19(23)21-16(20(24)25)9-12-3-5-13(22)6-4-12/h3-8,10,16,22H,9H2,1-2H3,(H,21,23)(H,24,25)/t16-/m0/s1. The second-order valence-corrected chi connectivity index (χ2v) is 6.15. The number of fused-ring (bicyclic) bond motifs is 1. The predicted octanol–water partition coefficient (Wildman–Crippen LogP) is 2.88. The molecule has 0 bridgehead atoms. The topological polar surface area (TPSA) is 109 Å². The highest BCUT2D eigenvalue weighted by atomic mass is 16.5. The lowest BCUT2D eigenvalue weighted by atomic mass is 10.1. The van der Waals surface area contributed by atoms with Crippen molar-refractivity contribution in [2.75, 3.05) is 7.11 Å². The van der Waals surface area contributed by atoms with E-state index in [9.17, 15) is 19.8 Å². The van der Waals surface area contributed by atoms with Gasteiger partial charge >= 0.3 is 5.97 Å². The molecule has 2 aromatic carbocycles. The van der Waals surface area contributed by atoms with Crippen LogP contribution in [0.4, 0.5) is 0 Å². The third kappa shape index (κ3) is 3.87. The van der Waals surface area contributed by atoms with Crippen molar-refractivity contribution in [2.45, 2.75) is 19.4 Å². The summed E-state index contributed by atoms with van der Waals surface area (Å²) in [6.07, 6.45) is 0.0778. The molecule has 3 rings (SSSR count). The molecule has 1 aromatic heterocycles. The van der Waals surface area contributed by atoms with E-state index in [0.717, 1.165) is 5.39 Å². The Morgan fingerprint density at radius 3 is 2.52 bits per heavy atom. The van der Waals surface area contributed by atoms with Gasteiger partial charge in [-0.2, -0.15) is 0 Å². The van der Waals surface area contributed by atoms with Gasteiger partial charge in [-0.15, -0.1) is 0 Å². The van der Waals surface area contributed by atoms with Crippen LogP contribution < -0.4 is 10.1 Å². The lowest BCUT2D eigenvalue weighted by Crippen LogP contribution is -2.42. The lowest BCUT2D eigenvalue weighted by Gasteiger charge is -2.14. The highest BCUT2D eigenvalue weighted by molar-refractivity contribution is 6.00.